The number of halogens is 1. The second-order valence-electron chi connectivity index (χ2n) is 4.16. The Labute approximate surface area is 105 Å². The van der Waals surface area contributed by atoms with Crippen LogP contribution in [-0.2, 0) is 0 Å². The van der Waals surface area contributed by atoms with Gasteiger partial charge in [0.25, 0.3) is 0 Å². The van der Waals surface area contributed by atoms with E-state index in [9.17, 15) is 4.39 Å². The molecule has 94 valence electrons. The smallest absolute Gasteiger partial charge is 0.222 e. The van der Waals surface area contributed by atoms with Gasteiger partial charge in [-0.3, -0.25) is 0 Å². The van der Waals surface area contributed by atoms with E-state index in [1.54, 1.807) is 0 Å². The van der Waals surface area contributed by atoms with Crippen molar-refractivity contribution < 1.29 is 4.39 Å². The number of hydrogen-bond acceptors (Lipinski definition) is 5. The Kier molecular flexibility index (Phi) is 4.04. The number of nitrogens with two attached hydrogens (primary N) is 1. The SMILES string of the molecule is CCSC1CCC(Nc2nc(N)ncc2F)C1. The van der Waals surface area contributed by atoms with Crippen molar-refractivity contribution in [2.45, 2.75) is 37.5 Å². The Morgan fingerprint density at radius 1 is 1.59 bits per heavy atom. The predicted octanol–water partition coefficient (Wildman–Crippen LogP) is 2.28. The van der Waals surface area contributed by atoms with Crippen molar-refractivity contribution in [2.75, 3.05) is 16.8 Å². The van der Waals surface area contributed by atoms with Gasteiger partial charge in [0.1, 0.15) is 0 Å². The average molecular weight is 256 g/mol. The summed E-state index contributed by atoms with van der Waals surface area (Å²) in [5.74, 6) is 1.02. The number of nitrogens with one attached hydrogen (secondary N) is 1. The third-order valence-corrected chi connectivity index (χ3v) is 4.12. The summed E-state index contributed by atoms with van der Waals surface area (Å²) < 4.78 is 13.4. The van der Waals surface area contributed by atoms with E-state index in [0.29, 0.717) is 11.3 Å². The Hall–Kier alpha value is -1.04. The highest BCUT2D eigenvalue weighted by Crippen LogP contribution is 2.31. The zero-order chi connectivity index (χ0) is 12.3. The Bertz CT molecular complexity index is 388. The van der Waals surface area contributed by atoms with Gasteiger partial charge in [-0.05, 0) is 25.0 Å². The first-order valence-electron chi connectivity index (χ1n) is 5.85. The topological polar surface area (TPSA) is 63.8 Å². The molecule has 2 rings (SSSR count). The van der Waals surface area contributed by atoms with Crippen molar-refractivity contribution in [3.05, 3.63) is 12.0 Å². The van der Waals surface area contributed by atoms with Crippen LogP contribution in [0.3, 0.4) is 0 Å². The van der Waals surface area contributed by atoms with E-state index in [1.165, 1.54) is 6.42 Å². The van der Waals surface area contributed by atoms with Crippen molar-refractivity contribution in [1.29, 1.82) is 0 Å². The average Bonchev–Trinajstić information content (AvgIpc) is 2.72. The van der Waals surface area contributed by atoms with Crippen LogP contribution in [0.15, 0.2) is 6.20 Å². The van der Waals surface area contributed by atoms with Gasteiger partial charge in [-0.2, -0.15) is 16.7 Å². The number of aromatic nitrogens is 2. The van der Waals surface area contributed by atoms with Gasteiger partial charge < -0.3 is 11.1 Å². The van der Waals surface area contributed by atoms with Crippen LogP contribution in [-0.4, -0.2) is 27.0 Å². The predicted molar refractivity (Wildman–Crippen MR) is 69.6 cm³/mol. The molecule has 1 aliphatic rings. The zero-order valence-corrected chi connectivity index (χ0v) is 10.6. The van der Waals surface area contributed by atoms with Crippen molar-refractivity contribution in [1.82, 2.24) is 9.97 Å². The second-order valence-corrected chi connectivity index (χ2v) is 5.73. The van der Waals surface area contributed by atoms with Crippen molar-refractivity contribution >= 4 is 23.5 Å². The molecular formula is C11H17FN4S. The van der Waals surface area contributed by atoms with Crippen LogP contribution < -0.4 is 11.1 Å². The van der Waals surface area contributed by atoms with Crippen LogP contribution in [0.5, 0.6) is 0 Å². The Morgan fingerprint density at radius 3 is 3.18 bits per heavy atom. The third kappa shape index (κ3) is 3.21. The van der Waals surface area contributed by atoms with Crippen molar-refractivity contribution in [3.63, 3.8) is 0 Å². The van der Waals surface area contributed by atoms with Gasteiger partial charge in [0, 0.05) is 11.3 Å². The van der Waals surface area contributed by atoms with Gasteiger partial charge in [0.05, 0.1) is 6.20 Å². The van der Waals surface area contributed by atoms with Gasteiger partial charge in [-0.25, -0.2) is 9.37 Å². The maximum Gasteiger partial charge on any atom is 0.222 e. The van der Waals surface area contributed by atoms with Crippen molar-refractivity contribution in [2.24, 2.45) is 0 Å². The van der Waals surface area contributed by atoms with E-state index in [2.05, 4.69) is 22.2 Å². The van der Waals surface area contributed by atoms with Crippen molar-refractivity contribution in [3.8, 4) is 0 Å². The lowest BCUT2D eigenvalue weighted by Gasteiger charge is -2.14. The molecular weight excluding hydrogens is 239 g/mol. The molecule has 0 amide bonds. The normalized spacial score (nSPS) is 23.9. The lowest BCUT2D eigenvalue weighted by Crippen LogP contribution is -2.18. The number of rotatable bonds is 4. The lowest BCUT2D eigenvalue weighted by molar-refractivity contribution is 0.611. The van der Waals surface area contributed by atoms with Crippen LogP contribution in [0.2, 0.25) is 0 Å². The molecule has 4 nitrogen and oxygen atoms in total. The molecule has 6 heteroatoms. The zero-order valence-electron chi connectivity index (χ0n) is 9.82. The quantitative estimate of drug-likeness (QED) is 0.865. The fourth-order valence-corrected chi connectivity index (χ4v) is 3.28. The number of anilines is 2. The number of nitrogens with zero attached hydrogens (tertiary/aromatic N) is 2. The van der Waals surface area contributed by atoms with E-state index < -0.39 is 5.82 Å². The van der Waals surface area contributed by atoms with E-state index >= 15 is 0 Å². The maximum atomic E-state index is 13.4. The van der Waals surface area contributed by atoms with Gasteiger partial charge in [-0.1, -0.05) is 6.92 Å². The number of hydrogen-bond donors (Lipinski definition) is 2. The summed E-state index contributed by atoms with van der Waals surface area (Å²) in [6, 6.07) is 0.294. The summed E-state index contributed by atoms with van der Waals surface area (Å²) in [4.78, 5) is 7.49. The summed E-state index contributed by atoms with van der Waals surface area (Å²) in [6.07, 6.45) is 4.40. The van der Waals surface area contributed by atoms with E-state index in [-0.39, 0.29) is 11.8 Å². The monoisotopic (exact) mass is 256 g/mol. The highest BCUT2D eigenvalue weighted by Gasteiger charge is 2.25. The van der Waals surface area contributed by atoms with Crippen LogP contribution in [0.4, 0.5) is 16.2 Å². The molecule has 0 aliphatic heterocycles. The fraction of sp³-hybridized carbons (Fsp3) is 0.636. The molecule has 1 fully saturated rings. The van der Waals surface area contributed by atoms with E-state index in [4.69, 9.17) is 5.73 Å². The van der Waals surface area contributed by atoms with Crippen LogP contribution in [0.25, 0.3) is 0 Å². The molecule has 1 aromatic rings. The third-order valence-electron chi connectivity index (χ3n) is 2.89. The molecule has 3 N–H and O–H groups in total. The summed E-state index contributed by atoms with van der Waals surface area (Å²) >= 11 is 1.97. The fourth-order valence-electron chi connectivity index (χ4n) is 2.13. The number of nitrogen functional groups attached to an aromatic ring is 1. The molecule has 0 radical (unpaired) electrons. The standard InChI is InChI=1S/C11H17FN4S/c1-2-17-8-4-3-7(5-8)15-10-9(12)6-14-11(13)16-10/h6-8H,2-5H2,1H3,(H3,13,14,15,16). The van der Waals surface area contributed by atoms with E-state index in [1.807, 2.05) is 11.8 Å². The first kappa shape index (κ1) is 12.4. The van der Waals surface area contributed by atoms with Crippen LogP contribution in [0, 0.1) is 5.82 Å². The Balaban J connectivity index is 1.95. The molecule has 1 heterocycles. The number of thioether (sulfide) groups is 1. The highest BCUT2D eigenvalue weighted by molar-refractivity contribution is 7.99. The van der Waals surface area contributed by atoms with Gasteiger partial charge in [0.2, 0.25) is 5.95 Å². The minimum Gasteiger partial charge on any atom is -0.368 e. The molecule has 2 unspecified atom stereocenters. The van der Waals surface area contributed by atoms with Gasteiger partial charge >= 0.3 is 0 Å². The Morgan fingerprint density at radius 2 is 2.41 bits per heavy atom. The van der Waals surface area contributed by atoms with Crippen LogP contribution >= 0.6 is 11.8 Å². The van der Waals surface area contributed by atoms with Gasteiger partial charge in [0.15, 0.2) is 11.6 Å². The maximum absolute atomic E-state index is 13.4. The minimum absolute atomic E-state index is 0.103. The summed E-state index contributed by atoms with van der Waals surface area (Å²) in [7, 11) is 0. The largest absolute Gasteiger partial charge is 0.368 e. The highest BCUT2D eigenvalue weighted by atomic mass is 32.2. The second kappa shape index (κ2) is 5.53. The molecule has 0 bridgehead atoms. The van der Waals surface area contributed by atoms with E-state index in [0.717, 1.165) is 24.8 Å². The molecule has 17 heavy (non-hydrogen) atoms. The molecule has 1 aliphatic carbocycles. The lowest BCUT2D eigenvalue weighted by atomic mass is 10.2. The molecule has 0 spiro atoms. The first-order chi connectivity index (χ1) is 8.19. The molecule has 0 aromatic carbocycles. The minimum atomic E-state index is -0.439. The first-order valence-corrected chi connectivity index (χ1v) is 6.90. The molecule has 2 atom stereocenters. The van der Waals surface area contributed by atoms with Crippen LogP contribution in [0.1, 0.15) is 26.2 Å². The molecule has 1 aromatic heterocycles. The molecule has 0 saturated heterocycles. The van der Waals surface area contributed by atoms with Gasteiger partial charge in [-0.15, -0.1) is 0 Å². The summed E-state index contributed by atoms with van der Waals surface area (Å²) in [5, 5.41) is 3.80. The summed E-state index contributed by atoms with van der Waals surface area (Å²) in [5.41, 5.74) is 5.44. The molecule has 1 saturated carbocycles. The summed E-state index contributed by atoms with van der Waals surface area (Å²) in [6.45, 7) is 2.16.